The number of benzene rings is 2. The highest BCUT2D eigenvalue weighted by Gasteiger charge is 2.20. The van der Waals surface area contributed by atoms with Crippen LogP contribution in [0.2, 0.25) is 15.1 Å². The predicted octanol–water partition coefficient (Wildman–Crippen LogP) is 4.17. The fourth-order valence-electron chi connectivity index (χ4n) is 1.56. The monoisotopic (exact) mass is 368 g/mol. The molecular formula is C12H8Cl3FN2O2S. The minimum Gasteiger partial charge on any atom is -0.398 e. The van der Waals surface area contributed by atoms with Crippen molar-refractivity contribution in [2.45, 2.75) is 4.90 Å². The zero-order chi connectivity index (χ0) is 15.8. The number of hydrogen-bond acceptors (Lipinski definition) is 3. The second kappa shape index (κ2) is 5.88. The summed E-state index contributed by atoms with van der Waals surface area (Å²) in [6, 6.07) is 5.52. The normalized spacial score (nSPS) is 11.4. The van der Waals surface area contributed by atoms with Gasteiger partial charge in [-0.2, -0.15) is 0 Å². The molecule has 0 bridgehead atoms. The van der Waals surface area contributed by atoms with E-state index < -0.39 is 15.8 Å². The fraction of sp³-hybridized carbons (Fsp3) is 0. The highest BCUT2D eigenvalue weighted by molar-refractivity contribution is 7.92. The van der Waals surface area contributed by atoms with Crippen molar-refractivity contribution in [3.8, 4) is 0 Å². The molecule has 0 fully saturated rings. The van der Waals surface area contributed by atoms with Crippen LogP contribution in [-0.2, 0) is 10.0 Å². The molecule has 0 saturated carbocycles. The molecule has 0 aliphatic carbocycles. The average Bonchev–Trinajstić information content (AvgIpc) is 2.35. The third-order valence-corrected chi connectivity index (χ3v) is 4.99. The second-order valence-electron chi connectivity index (χ2n) is 4.03. The van der Waals surface area contributed by atoms with Crippen molar-refractivity contribution in [1.29, 1.82) is 0 Å². The van der Waals surface area contributed by atoms with Crippen molar-refractivity contribution in [2.24, 2.45) is 0 Å². The van der Waals surface area contributed by atoms with Crippen molar-refractivity contribution in [1.82, 2.24) is 0 Å². The molecule has 0 saturated heterocycles. The summed E-state index contributed by atoms with van der Waals surface area (Å²) >= 11 is 17.5. The molecule has 0 aromatic heterocycles. The SMILES string of the molecule is Nc1cc(F)ccc1S(=O)(=O)Nc1cc(Cl)c(Cl)cc1Cl. The minimum atomic E-state index is -4.04. The zero-order valence-corrected chi connectivity index (χ0v) is 13.3. The van der Waals surface area contributed by atoms with Gasteiger partial charge in [-0.05, 0) is 30.3 Å². The Hall–Kier alpha value is -1.21. The topological polar surface area (TPSA) is 72.2 Å². The Bertz CT molecular complexity index is 812. The van der Waals surface area contributed by atoms with E-state index in [4.69, 9.17) is 40.5 Å². The van der Waals surface area contributed by atoms with Crippen LogP contribution in [0.4, 0.5) is 15.8 Å². The number of nitrogens with one attached hydrogen (secondary N) is 1. The first-order chi connectivity index (χ1) is 9.70. The summed E-state index contributed by atoms with van der Waals surface area (Å²) in [7, 11) is -4.04. The van der Waals surface area contributed by atoms with E-state index in [2.05, 4.69) is 4.72 Å². The fourth-order valence-corrected chi connectivity index (χ4v) is 3.40. The Morgan fingerprint density at radius 2 is 1.62 bits per heavy atom. The van der Waals surface area contributed by atoms with Crippen LogP contribution < -0.4 is 10.5 Å². The van der Waals surface area contributed by atoms with Crippen LogP contribution >= 0.6 is 34.8 Å². The van der Waals surface area contributed by atoms with E-state index in [9.17, 15) is 12.8 Å². The third-order valence-electron chi connectivity index (χ3n) is 2.52. The van der Waals surface area contributed by atoms with Gasteiger partial charge in [-0.1, -0.05) is 34.8 Å². The van der Waals surface area contributed by atoms with Crippen LogP contribution in [-0.4, -0.2) is 8.42 Å². The molecule has 2 aromatic rings. The van der Waals surface area contributed by atoms with Gasteiger partial charge in [0.15, 0.2) is 0 Å². The van der Waals surface area contributed by atoms with E-state index >= 15 is 0 Å². The lowest BCUT2D eigenvalue weighted by atomic mass is 10.3. The van der Waals surface area contributed by atoms with Crippen molar-refractivity contribution in [3.05, 3.63) is 51.2 Å². The van der Waals surface area contributed by atoms with Gasteiger partial charge in [0, 0.05) is 0 Å². The molecule has 0 atom stereocenters. The minimum absolute atomic E-state index is 0.0368. The maximum absolute atomic E-state index is 13.0. The van der Waals surface area contributed by atoms with Crippen LogP contribution in [0.3, 0.4) is 0 Å². The van der Waals surface area contributed by atoms with Crippen molar-refractivity contribution < 1.29 is 12.8 Å². The molecule has 112 valence electrons. The van der Waals surface area contributed by atoms with Crippen LogP contribution in [0.15, 0.2) is 35.2 Å². The molecule has 21 heavy (non-hydrogen) atoms. The maximum Gasteiger partial charge on any atom is 0.263 e. The molecule has 2 rings (SSSR count). The largest absolute Gasteiger partial charge is 0.398 e. The zero-order valence-electron chi connectivity index (χ0n) is 10.2. The van der Waals surface area contributed by atoms with E-state index in [1.165, 1.54) is 12.1 Å². The number of hydrogen-bond donors (Lipinski definition) is 2. The third kappa shape index (κ3) is 3.52. The molecule has 0 radical (unpaired) electrons. The summed E-state index contributed by atoms with van der Waals surface area (Å²) in [6.07, 6.45) is 0. The molecular weight excluding hydrogens is 362 g/mol. The lowest BCUT2D eigenvalue weighted by Gasteiger charge is -2.12. The first-order valence-electron chi connectivity index (χ1n) is 5.43. The van der Waals surface area contributed by atoms with Crippen molar-refractivity contribution >= 4 is 56.2 Å². The Morgan fingerprint density at radius 1 is 1.00 bits per heavy atom. The number of halogens is 4. The molecule has 0 unspecified atom stereocenters. The molecule has 0 amide bonds. The molecule has 9 heteroatoms. The summed E-state index contributed by atoms with van der Waals surface area (Å²) in [5.41, 5.74) is 5.33. The lowest BCUT2D eigenvalue weighted by molar-refractivity contribution is 0.600. The van der Waals surface area contributed by atoms with Crippen LogP contribution in [0.25, 0.3) is 0 Å². The molecule has 0 spiro atoms. The Kier molecular flexibility index (Phi) is 4.53. The molecule has 0 heterocycles. The second-order valence-corrected chi connectivity index (χ2v) is 6.91. The van der Waals surface area contributed by atoms with Gasteiger partial charge in [-0.3, -0.25) is 4.72 Å². The van der Waals surface area contributed by atoms with Gasteiger partial charge in [-0.15, -0.1) is 0 Å². The Morgan fingerprint density at radius 3 is 2.24 bits per heavy atom. The highest BCUT2D eigenvalue weighted by Crippen LogP contribution is 2.34. The van der Waals surface area contributed by atoms with Gasteiger partial charge in [0.1, 0.15) is 10.7 Å². The molecule has 4 nitrogen and oxygen atoms in total. The first kappa shape index (κ1) is 16.2. The van der Waals surface area contributed by atoms with Crippen molar-refractivity contribution in [3.63, 3.8) is 0 Å². The number of sulfonamides is 1. The number of anilines is 2. The molecule has 3 N–H and O–H groups in total. The van der Waals surface area contributed by atoms with Gasteiger partial charge < -0.3 is 5.73 Å². The Labute approximate surface area is 135 Å². The van der Waals surface area contributed by atoms with Gasteiger partial charge in [0.2, 0.25) is 0 Å². The maximum atomic E-state index is 13.0. The first-order valence-corrected chi connectivity index (χ1v) is 8.05. The van der Waals surface area contributed by atoms with E-state index in [-0.39, 0.29) is 31.3 Å². The quantitative estimate of drug-likeness (QED) is 0.630. The summed E-state index contributed by atoms with van der Waals surface area (Å²) in [5, 5.41) is 0.380. The standard InChI is InChI=1S/C12H8Cl3FN2O2S/c13-7-4-9(15)11(5-8(7)14)18-21(19,20)12-2-1-6(16)3-10(12)17/h1-5,18H,17H2. The van der Waals surface area contributed by atoms with Gasteiger partial charge in [-0.25, -0.2) is 12.8 Å². The average molecular weight is 370 g/mol. The Balaban J connectivity index is 2.45. The van der Waals surface area contributed by atoms with E-state index in [0.29, 0.717) is 0 Å². The number of nitrogen functional groups attached to an aromatic ring is 1. The molecule has 2 aromatic carbocycles. The summed E-state index contributed by atoms with van der Waals surface area (Å²) < 4.78 is 39.7. The summed E-state index contributed by atoms with van der Waals surface area (Å²) in [4.78, 5) is -0.272. The van der Waals surface area contributed by atoms with E-state index in [1.807, 2.05) is 0 Å². The van der Waals surface area contributed by atoms with Crippen LogP contribution in [0.5, 0.6) is 0 Å². The smallest absolute Gasteiger partial charge is 0.263 e. The summed E-state index contributed by atoms with van der Waals surface area (Å²) in [5.74, 6) is -0.640. The van der Waals surface area contributed by atoms with Gasteiger partial charge in [0.05, 0.1) is 26.4 Å². The predicted molar refractivity (Wildman–Crippen MR) is 83.1 cm³/mol. The van der Waals surface area contributed by atoms with E-state index in [1.54, 1.807) is 0 Å². The van der Waals surface area contributed by atoms with Crippen LogP contribution in [0, 0.1) is 5.82 Å². The van der Waals surface area contributed by atoms with E-state index in [0.717, 1.165) is 18.2 Å². The van der Waals surface area contributed by atoms with Crippen molar-refractivity contribution in [2.75, 3.05) is 10.5 Å². The number of rotatable bonds is 3. The number of nitrogens with two attached hydrogens (primary N) is 1. The highest BCUT2D eigenvalue weighted by atomic mass is 35.5. The lowest BCUT2D eigenvalue weighted by Crippen LogP contribution is -2.15. The van der Waals surface area contributed by atoms with Crippen LogP contribution in [0.1, 0.15) is 0 Å². The summed E-state index contributed by atoms with van der Waals surface area (Å²) in [6.45, 7) is 0. The molecule has 0 aliphatic heterocycles. The molecule has 0 aliphatic rings. The van der Waals surface area contributed by atoms with Gasteiger partial charge >= 0.3 is 0 Å². The van der Waals surface area contributed by atoms with Gasteiger partial charge in [0.25, 0.3) is 10.0 Å².